The van der Waals surface area contributed by atoms with Crippen LogP contribution in [-0.4, -0.2) is 35.1 Å². The lowest BCUT2D eigenvalue weighted by Gasteiger charge is -2.38. The van der Waals surface area contributed by atoms with Crippen molar-refractivity contribution >= 4 is 30.7 Å². The maximum atomic E-state index is 12.1. The third kappa shape index (κ3) is 4.67. The van der Waals surface area contributed by atoms with Gasteiger partial charge in [0.2, 0.25) is 5.91 Å². The Bertz CT molecular complexity index is 373. The van der Waals surface area contributed by atoms with E-state index in [1.165, 1.54) is 6.26 Å². The zero-order valence-corrected chi connectivity index (χ0v) is 12.6. The summed E-state index contributed by atoms with van der Waals surface area (Å²) in [4.78, 5) is 14.0. The molecule has 2 N–H and O–H groups in total. The lowest BCUT2D eigenvalue weighted by molar-refractivity contribution is -0.134. The van der Waals surface area contributed by atoms with Crippen molar-refractivity contribution in [3.05, 3.63) is 18.0 Å². The van der Waals surface area contributed by atoms with E-state index in [1.807, 2.05) is 4.90 Å². The Labute approximate surface area is 125 Å². The number of aromatic nitrogens is 1. The number of piperidine rings is 1. The van der Waals surface area contributed by atoms with Gasteiger partial charge in [0.05, 0.1) is 12.1 Å². The normalized spacial score (nSPS) is 22.3. The van der Waals surface area contributed by atoms with Gasteiger partial charge < -0.3 is 15.2 Å². The molecule has 0 radical (unpaired) electrons. The molecule has 1 aliphatic rings. The fourth-order valence-corrected chi connectivity index (χ4v) is 2.39. The van der Waals surface area contributed by atoms with E-state index in [4.69, 9.17) is 10.3 Å². The summed E-state index contributed by atoms with van der Waals surface area (Å²) in [6.07, 6.45) is 3.85. The quantitative estimate of drug-likeness (QED) is 0.921. The topological polar surface area (TPSA) is 72.4 Å². The summed E-state index contributed by atoms with van der Waals surface area (Å²) in [5, 5.41) is 3.76. The van der Waals surface area contributed by atoms with Crippen LogP contribution in [0.5, 0.6) is 0 Å². The Balaban J connectivity index is 0.00000162. The van der Waals surface area contributed by atoms with Gasteiger partial charge in [-0.25, -0.2) is 0 Å². The fraction of sp³-hybridized carbons (Fsp3) is 0.667. The van der Waals surface area contributed by atoms with E-state index in [1.54, 1.807) is 6.07 Å². The Morgan fingerprint density at radius 3 is 2.89 bits per heavy atom. The number of nitrogens with two attached hydrogens (primary N) is 1. The van der Waals surface area contributed by atoms with Crippen LogP contribution < -0.4 is 5.73 Å². The first-order chi connectivity index (χ1) is 8.20. The van der Waals surface area contributed by atoms with Crippen LogP contribution in [0.3, 0.4) is 0 Å². The van der Waals surface area contributed by atoms with Gasteiger partial charge in [-0.2, -0.15) is 0 Å². The van der Waals surface area contributed by atoms with Crippen LogP contribution in [0.25, 0.3) is 0 Å². The number of carbonyl (C=O) groups is 1. The van der Waals surface area contributed by atoms with Crippen LogP contribution in [0.15, 0.2) is 16.9 Å². The summed E-state index contributed by atoms with van der Waals surface area (Å²) in [5.41, 5.74) is 6.42. The molecule has 1 saturated heterocycles. The Morgan fingerprint density at radius 2 is 2.32 bits per heavy atom. The number of halogens is 2. The number of carbonyl (C=O) groups excluding carboxylic acids is 1. The van der Waals surface area contributed by atoms with Crippen molar-refractivity contribution in [3.8, 4) is 0 Å². The highest BCUT2D eigenvalue weighted by Crippen LogP contribution is 2.22. The van der Waals surface area contributed by atoms with Crippen molar-refractivity contribution in [2.75, 3.05) is 13.1 Å². The third-order valence-electron chi connectivity index (χ3n) is 3.39. The average Bonchev–Trinajstić information content (AvgIpc) is 2.81. The van der Waals surface area contributed by atoms with Crippen LogP contribution in [0.1, 0.15) is 25.5 Å². The summed E-state index contributed by atoms with van der Waals surface area (Å²) < 4.78 is 4.73. The maximum Gasteiger partial charge on any atom is 0.229 e. The smallest absolute Gasteiger partial charge is 0.229 e. The highest BCUT2D eigenvalue weighted by molar-refractivity contribution is 5.85. The van der Waals surface area contributed by atoms with Gasteiger partial charge in [0.25, 0.3) is 0 Å². The predicted molar refractivity (Wildman–Crippen MR) is 77.7 cm³/mol. The number of nitrogens with zero attached hydrogens (tertiary/aromatic N) is 2. The molecule has 2 heterocycles. The predicted octanol–water partition coefficient (Wildman–Crippen LogP) is 1.65. The first kappa shape index (κ1) is 18.2. The summed E-state index contributed by atoms with van der Waals surface area (Å²) in [6, 6.07) is 1.90. The van der Waals surface area contributed by atoms with Crippen LogP contribution in [0.4, 0.5) is 0 Å². The van der Waals surface area contributed by atoms with Crippen LogP contribution in [0, 0.1) is 5.92 Å². The Morgan fingerprint density at radius 1 is 1.58 bits per heavy atom. The van der Waals surface area contributed by atoms with Gasteiger partial charge in [0.15, 0.2) is 0 Å². The zero-order valence-electron chi connectivity index (χ0n) is 10.9. The van der Waals surface area contributed by atoms with Crippen molar-refractivity contribution in [2.24, 2.45) is 11.7 Å². The molecule has 0 aromatic carbocycles. The second-order valence-corrected chi connectivity index (χ2v) is 4.77. The Hall–Kier alpha value is -0.780. The molecule has 110 valence electrons. The molecule has 2 rings (SSSR count). The molecule has 1 aliphatic heterocycles. The highest BCUT2D eigenvalue weighted by Gasteiger charge is 2.28. The second kappa shape index (κ2) is 8.40. The standard InChI is InChI=1S/C12H19N3O2.2ClH/c1-9-2-4-15(11(6-9)8-13)12(16)7-10-3-5-17-14-10;;/h3,5,9,11H,2,4,6-8,13H2,1H3;2*1H. The molecule has 0 bridgehead atoms. The molecule has 19 heavy (non-hydrogen) atoms. The van der Waals surface area contributed by atoms with Crippen molar-refractivity contribution in [1.82, 2.24) is 10.1 Å². The summed E-state index contributed by atoms with van der Waals surface area (Å²) >= 11 is 0. The number of amides is 1. The van der Waals surface area contributed by atoms with E-state index in [2.05, 4.69) is 12.1 Å². The Kier molecular flexibility index (Phi) is 8.06. The second-order valence-electron chi connectivity index (χ2n) is 4.77. The summed E-state index contributed by atoms with van der Waals surface area (Å²) in [6.45, 7) is 3.55. The molecular weight excluding hydrogens is 289 g/mol. The highest BCUT2D eigenvalue weighted by atomic mass is 35.5. The van der Waals surface area contributed by atoms with Gasteiger partial charge >= 0.3 is 0 Å². The minimum Gasteiger partial charge on any atom is -0.364 e. The molecule has 1 fully saturated rings. The van der Waals surface area contributed by atoms with Crippen molar-refractivity contribution in [3.63, 3.8) is 0 Å². The molecular formula is C12H21Cl2N3O2. The van der Waals surface area contributed by atoms with Gasteiger partial charge in [-0.15, -0.1) is 24.8 Å². The maximum absolute atomic E-state index is 12.1. The van der Waals surface area contributed by atoms with E-state index < -0.39 is 0 Å². The van der Waals surface area contributed by atoms with Gasteiger partial charge in [0, 0.05) is 25.2 Å². The van der Waals surface area contributed by atoms with E-state index in [-0.39, 0.29) is 36.8 Å². The number of hydrogen-bond acceptors (Lipinski definition) is 4. The molecule has 1 aromatic heterocycles. The molecule has 0 spiro atoms. The van der Waals surface area contributed by atoms with E-state index in [9.17, 15) is 4.79 Å². The molecule has 0 saturated carbocycles. The molecule has 7 heteroatoms. The SMILES string of the molecule is CC1CCN(C(=O)Cc2ccon2)C(CN)C1.Cl.Cl. The van der Waals surface area contributed by atoms with E-state index in [0.717, 1.165) is 19.4 Å². The minimum absolute atomic E-state index is 0. The molecule has 2 atom stereocenters. The average molecular weight is 310 g/mol. The minimum atomic E-state index is 0. The molecule has 0 aliphatic carbocycles. The van der Waals surface area contributed by atoms with Crippen molar-refractivity contribution < 1.29 is 9.32 Å². The van der Waals surface area contributed by atoms with Crippen LogP contribution >= 0.6 is 24.8 Å². The summed E-state index contributed by atoms with van der Waals surface area (Å²) in [7, 11) is 0. The van der Waals surface area contributed by atoms with Gasteiger partial charge in [0.1, 0.15) is 6.26 Å². The first-order valence-electron chi connectivity index (χ1n) is 6.09. The summed E-state index contributed by atoms with van der Waals surface area (Å²) in [5.74, 6) is 0.751. The number of hydrogen-bond donors (Lipinski definition) is 1. The number of rotatable bonds is 3. The van der Waals surface area contributed by atoms with Crippen LogP contribution in [0.2, 0.25) is 0 Å². The van der Waals surface area contributed by atoms with E-state index in [0.29, 0.717) is 24.6 Å². The largest absolute Gasteiger partial charge is 0.364 e. The molecule has 5 nitrogen and oxygen atoms in total. The monoisotopic (exact) mass is 309 g/mol. The van der Waals surface area contributed by atoms with Gasteiger partial charge in [-0.1, -0.05) is 12.1 Å². The fourth-order valence-electron chi connectivity index (χ4n) is 2.39. The van der Waals surface area contributed by atoms with E-state index >= 15 is 0 Å². The molecule has 1 amide bonds. The lowest BCUT2D eigenvalue weighted by atomic mass is 9.92. The molecule has 2 unspecified atom stereocenters. The van der Waals surface area contributed by atoms with Gasteiger partial charge in [-0.05, 0) is 18.8 Å². The third-order valence-corrected chi connectivity index (χ3v) is 3.39. The zero-order chi connectivity index (χ0) is 12.3. The first-order valence-corrected chi connectivity index (χ1v) is 6.09. The molecule has 1 aromatic rings. The van der Waals surface area contributed by atoms with Crippen molar-refractivity contribution in [1.29, 1.82) is 0 Å². The number of likely N-dealkylation sites (tertiary alicyclic amines) is 1. The van der Waals surface area contributed by atoms with Crippen molar-refractivity contribution in [2.45, 2.75) is 32.2 Å². The van der Waals surface area contributed by atoms with Crippen LogP contribution in [-0.2, 0) is 11.2 Å². The lowest BCUT2D eigenvalue weighted by Crippen LogP contribution is -2.49. The van der Waals surface area contributed by atoms with Gasteiger partial charge in [-0.3, -0.25) is 4.79 Å².